The highest BCUT2D eigenvalue weighted by atomic mass is 16.5. The summed E-state index contributed by atoms with van der Waals surface area (Å²) >= 11 is 0. The first-order chi connectivity index (χ1) is 14.6. The second-order valence-corrected chi connectivity index (χ2v) is 7.71. The number of carbonyl (C=O) groups is 1. The minimum Gasteiger partial charge on any atom is -0.367 e. The average molecular weight is 409 g/mol. The quantitative estimate of drug-likeness (QED) is 0.651. The van der Waals surface area contributed by atoms with Crippen LogP contribution in [0.5, 0.6) is 0 Å². The summed E-state index contributed by atoms with van der Waals surface area (Å²) in [7, 11) is 3.49. The molecule has 2 aromatic heterocycles. The molecule has 0 radical (unpaired) electrons. The maximum Gasteiger partial charge on any atom is 0.259 e. The van der Waals surface area contributed by atoms with Crippen LogP contribution in [0, 0.1) is 0 Å². The Kier molecular flexibility index (Phi) is 6.25. The van der Waals surface area contributed by atoms with E-state index < -0.39 is 6.10 Å². The van der Waals surface area contributed by atoms with Gasteiger partial charge in [-0.25, -0.2) is 4.68 Å². The Bertz CT molecular complexity index is 959. The second-order valence-electron chi connectivity index (χ2n) is 7.71. The highest BCUT2D eigenvalue weighted by Crippen LogP contribution is 2.27. The van der Waals surface area contributed by atoms with Gasteiger partial charge in [0.1, 0.15) is 5.82 Å². The first-order valence-corrected chi connectivity index (χ1v) is 10.3. The molecule has 8 nitrogen and oxygen atoms in total. The molecule has 1 atom stereocenters. The molecule has 3 aromatic rings. The maximum absolute atomic E-state index is 12.8. The summed E-state index contributed by atoms with van der Waals surface area (Å²) in [6, 6.07) is 11.6. The largest absolute Gasteiger partial charge is 0.367 e. The van der Waals surface area contributed by atoms with E-state index >= 15 is 0 Å². The lowest BCUT2D eigenvalue weighted by Crippen LogP contribution is -2.35. The highest BCUT2D eigenvalue weighted by molar-refractivity contribution is 5.94. The number of methoxy groups -OCH3 is 1. The normalized spacial score (nSPS) is 16.5. The number of anilines is 1. The third-order valence-corrected chi connectivity index (χ3v) is 5.57. The molecule has 3 heterocycles. The van der Waals surface area contributed by atoms with Crippen LogP contribution >= 0.6 is 0 Å². The van der Waals surface area contributed by atoms with Crippen molar-refractivity contribution in [2.75, 3.05) is 25.5 Å². The average Bonchev–Trinajstić information content (AvgIpc) is 3.39. The molecule has 158 valence electrons. The summed E-state index contributed by atoms with van der Waals surface area (Å²) in [5.41, 5.74) is 2.06. The molecular formula is C22H28N6O2. The molecule has 1 aliphatic heterocycles. The number of hydrogen-bond acceptors (Lipinski definition) is 5. The molecule has 1 amide bonds. The van der Waals surface area contributed by atoms with E-state index in [1.54, 1.807) is 13.3 Å². The molecule has 1 saturated heterocycles. The Hall–Kier alpha value is -2.97. The Labute approximate surface area is 176 Å². The number of amides is 1. The van der Waals surface area contributed by atoms with Crippen LogP contribution in [0.1, 0.15) is 36.1 Å². The van der Waals surface area contributed by atoms with Gasteiger partial charge in [0.25, 0.3) is 5.91 Å². The molecule has 1 aliphatic rings. The molecule has 8 heteroatoms. The Balaban J connectivity index is 1.37. The first-order valence-electron chi connectivity index (χ1n) is 10.3. The lowest BCUT2D eigenvalue weighted by molar-refractivity contribution is -0.126. The minimum absolute atomic E-state index is 0.195. The van der Waals surface area contributed by atoms with E-state index in [2.05, 4.69) is 26.6 Å². The number of hydrogen-bond donors (Lipinski definition) is 1. The highest BCUT2D eigenvalue weighted by Gasteiger charge is 2.25. The summed E-state index contributed by atoms with van der Waals surface area (Å²) in [4.78, 5) is 15.3. The molecule has 1 unspecified atom stereocenters. The van der Waals surface area contributed by atoms with E-state index in [1.165, 1.54) is 5.56 Å². The number of benzene rings is 1. The molecule has 0 aliphatic carbocycles. The predicted molar refractivity (Wildman–Crippen MR) is 114 cm³/mol. The first kappa shape index (κ1) is 20.3. The van der Waals surface area contributed by atoms with E-state index in [4.69, 9.17) is 4.74 Å². The van der Waals surface area contributed by atoms with Gasteiger partial charge in [-0.05, 0) is 18.4 Å². The summed E-state index contributed by atoms with van der Waals surface area (Å²) in [6.45, 7) is 2.88. The van der Waals surface area contributed by atoms with Crippen molar-refractivity contribution in [1.82, 2.24) is 24.5 Å². The Morgan fingerprint density at radius 1 is 1.20 bits per heavy atom. The van der Waals surface area contributed by atoms with Crippen molar-refractivity contribution in [3.8, 4) is 0 Å². The van der Waals surface area contributed by atoms with Gasteiger partial charge >= 0.3 is 0 Å². The van der Waals surface area contributed by atoms with Crippen molar-refractivity contribution >= 4 is 11.7 Å². The van der Waals surface area contributed by atoms with Gasteiger partial charge < -0.3 is 10.1 Å². The van der Waals surface area contributed by atoms with Gasteiger partial charge in [-0.3, -0.25) is 14.4 Å². The Morgan fingerprint density at radius 3 is 2.63 bits per heavy atom. The number of rotatable bonds is 7. The summed E-state index contributed by atoms with van der Waals surface area (Å²) in [6.07, 6.45) is 7.03. The number of likely N-dealkylation sites (tertiary alicyclic amines) is 1. The molecule has 30 heavy (non-hydrogen) atoms. The SMILES string of the molecule is COC(C(=O)Nc1ccnn1C1CCN(Cc2cnn(C)c2)CC1)c1ccccc1. The van der Waals surface area contributed by atoms with Gasteiger partial charge in [-0.2, -0.15) is 10.2 Å². The van der Waals surface area contributed by atoms with Crippen LogP contribution in [0.3, 0.4) is 0 Å². The summed E-state index contributed by atoms with van der Waals surface area (Å²) in [5, 5.41) is 11.7. The molecule has 1 N–H and O–H groups in total. The van der Waals surface area contributed by atoms with Crippen LogP contribution < -0.4 is 5.32 Å². The van der Waals surface area contributed by atoms with E-state index in [9.17, 15) is 4.79 Å². The van der Waals surface area contributed by atoms with Crippen LogP contribution in [-0.4, -0.2) is 50.6 Å². The standard InChI is InChI=1S/C22H28N6O2/c1-26-15-17(14-24-26)16-27-12-9-19(10-13-27)28-20(8-11-23-28)25-22(29)21(30-2)18-6-4-3-5-7-18/h3-8,11,14-15,19,21H,9-10,12-13,16H2,1-2H3,(H,25,29). The molecule has 0 spiro atoms. The number of ether oxygens (including phenoxy) is 1. The van der Waals surface area contributed by atoms with E-state index in [1.807, 2.05) is 59.0 Å². The second kappa shape index (κ2) is 9.23. The number of carbonyl (C=O) groups excluding carboxylic acids is 1. The zero-order valence-electron chi connectivity index (χ0n) is 17.4. The minimum atomic E-state index is -0.657. The zero-order valence-corrected chi connectivity index (χ0v) is 17.4. The van der Waals surface area contributed by atoms with Gasteiger partial charge in [-0.1, -0.05) is 30.3 Å². The van der Waals surface area contributed by atoms with E-state index in [-0.39, 0.29) is 11.9 Å². The van der Waals surface area contributed by atoms with Crippen molar-refractivity contribution in [3.05, 3.63) is 66.1 Å². The van der Waals surface area contributed by atoms with E-state index in [0.717, 1.165) is 38.0 Å². The fourth-order valence-electron chi connectivity index (χ4n) is 4.05. The third-order valence-electron chi connectivity index (χ3n) is 5.57. The van der Waals surface area contributed by atoms with Gasteiger partial charge in [0.15, 0.2) is 6.10 Å². The van der Waals surface area contributed by atoms with Gasteiger partial charge in [0.05, 0.1) is 18.4 Å². The fraction of sp³-hybridized carbons (Fsp3) is 0.409. The van der Waals surface area contributed by atoms with Gasteiger partial charge in [0.2, 0.25) is 0 Å². The monoisotopic (exact) mass is 408 g/mol. The van der Waals surface area contributed by atoms with Crippen LogP contribution in [0.15, 0.2) is 55.0 Å². The van der Waals surface area contributed by atoms with Crippen molar-refractivity contribution in [3.63, 3.8) is 0 Å². The lowest BCUT2D eigenvalue weighted by atomic mass is 10.0. The van der Waals surface area contributed by atoms with Crippen molar-refractivity contribution < 1.29 is 9.53 Å². The summed E-state index contributed by atoms with van der Waals surface area (Å²) < 4.78 is 9.23. The molecule has 1 aromatic carbocycles. The molecule has 1 fully saturated rings. The molecular weight excluding hydrogens is 380 g/mol. The molecule has 0 bridgehead atoms. The summed E-state index contributed by atoms with van der Waals surface area (Å²) in [5.74, 6) is 0.517. The van der Waals surface area contributed by atoms with E-state index in [0.29, 0.717) is 5.82 Å². The van der Waals surface area contributed by atoms with Crippen molar-refractivity contribution in [2.45, 2.75) is 31.5 Å². The number of nitrogens with zero attached hydrogens (tertiary/aromatic N) is 5. The van der Waals surface area contributed by atoms with Gasteiger partial charge in [0, 0.05) is 51.6 Å². The number of piperidine rings is 1. The van der Waals surface area contributed by atoms with Crippen LogP contribution in [0.25, 0.3) is 0 Å². The van der Waals surface area contributed by atoms with Crippen molar-refractivity contribution in [1.29, 1.82) is 0 Å². The predicted octanol–water partition coefficient (Wildman–Crippen LogP) is 2.78. The van der Waals surface area contributed by atoms with Crippen molar-refractivity contribution in [2.24, 2.45) is 7.05 Å². The maximum atomic E-state index is 12.8. The molecule has 4 rings (SSSR count). The fourth-order valence-corrected chi connectivity index (χ4v) is 4.05. The number of aromatic nitrogens is 4. The Morgan fingerprint density at radius 2 is 1.97 bits per heavy atom. The van der Waals surface area contributed by atoms with Crippen LogP contribution in [0.2, 0.25) is 0 Å². The topological polar surface area (TPSA) is 77.2 Å². The third kappa shape index (κ3) is 4.60. The number of nitrogens with one attached hydrogen (secondary N) is 1. The van der Waals surface area contributed by atoms with Crippen LogP contribution in [-0.2, 0) is 23.1 Å². The molecule has 0 saturated carbocycles. The van der Waals surface area contributed by atoms with Gasteiger partial charge in [-0.15, -0.1) is 0 Å². The number of aryl methyl sites for hydroxylation is 1. The smallest absolute Gasteiger partial charge is 0.259 e. The zero-order chi connectivity index (χ0) is 20.9. The van der Waals surface area contributed by atoms with Crippen LogP contribution in [0.4, 0.5) is 5.82 Å². The lowest BCUT2D eigenvalue weighted by Gasteiger charge is -2.32.